The normalized spacial score (nSPS) is 17.5. The van der Waals surface area contributed by atoms with E-state index in [0.717, 1.165) is 43.7 Å². The Kier molecular flexibility index (Phi) is 5.59. The summed E-state index contributed by atoms with van der Waals surface area (Å²) in [6, 6.07) is 3.25. The minimum absolute atomic E-state index is 0.159. The lowest BCUT2D eigenvalue weighted by Gasteiger charge is -2.27. The molecule has 126 valence electrons. The number of amides is 1. The molecule has 2 heterocycles. The molecule has 4 nitrogen and oxygen atoms in total. The van der Waals surface area contributed by atoms with Crippen molar-refractivity contribution in [1.29, 1.82) is 0 Å². The molecule has 0 radical (unpaired) electrons. The van der Waals surface area contributed by atoms with E-state index in [1.165, 1.54) is 7.05 Å². The molecule has 2 rings (SSSR count). The van der Waals surface area contributed by atoms with E-state index in [2.05, 4.69) is 10.4 Å². The number of halogens is 3. The van der Waals surface area contributed by atoms with Crippen LogP contribution in [-0.2, 0) is 0 Å². The molecule has 1 aromatic rings. The van der Waals surface area contributed by atoms with Gasteiger partial charge >= 0.3 is 6.18 Å². The van der Waals surface area contributed by atoms with E-state index in [1.54, 1.807) is 17.1 Å². The molecule has 1 N–H and O–H groups in total. The zero-order valence-corrected chi connectivity index (χ0v) is 13.7. The molecule has 8 heteroatoms. The molecule has 23 heavy (non-hydrogen) atoms. The first kappa shape index (κ1) is 17.7. The summed E-state index contributed by atoms with van der Waals surface area (Å²) in [6.45, 7) is 2.38. The molecule has 0 spiro atoms. The van der Waals surface area contributed by atoms with E-state index >= 15 is 0 Å². The van der Waals surface area contributed by atoms with Crippen LogP contribution in [0.5, 0.6) is 0 Å². The Morgan fingerprint density at radius 3 is 2.61 bits per heavy atom. The lowest BCUT2D eigenvalue weighted by molar-refractivity contribution is -0.0912. The maximum atomic E-state index is 12.6. The third kappa shape index (κ3) is 4.42. The Hall–Kier alpha value is -1.67. The van der Waals surface area contributed by atoms with Crippen LogP contribution in [0.25, 0.3) is 0 Å². The van der Waals surface area contributed by atoms with E-state index in [4.69, 9.17) is 0 Å². The molecular weight excluding hydrogens is 327 g/mol. The predicted octanol–water partition coefficient (Wildman–Crippen LogP) is 3.42. The molecule has 0 aromatic carbocycles. The standard InChI is InChI=1S/C15H18F3N3OS/c1-10(15(16,17)18)9-11(19-2)12-5-6-13(23-12)14(22)21-8-4-3-7-20-21/h5-6,9,20H,3-4,7-8H2,1-2H3/b10-9+,19-11?. The highest BCUT2D eigenvalue weighted by Gasteiger charge is 2.30. The molecular formula is C15H18F3N3OS. The Balaban J connectivity index is 2.18. The first-order chi connectivity index (χ1) is 10.8. The Bertz CT molecular complexity index is 628. The van der Waals surface area contributed by atoms with Gasteiger partial charge in [0.25, 0.3) is 5.91 Å². The molecule has 0 atom stereocenters. The highest BCUT2D eigenvalue weighted by Crippen LogP contribution is 2.27. The quantitative estimate of drug-likeness (QED) is 0.853. The largest absolute Gasteiger partial charge is 0.412 e. The van der Waals surface area contributed by atoms with Gasteiger partial charge in [-0.1, -0.05) is 0 Å². The van der Waals surface area contributed by atoms with Gasteiger partial charge in [-0.3, -0.25) is 14.8 Å². The first-order valence-corrected chi connectivity index (χ1v) is 8.02. The summed E-state index contributed by atoms with van der Waals surface area (Å²) < 4.78 is 37.9. The number of rotatable bonds is 3. The molecule has 0 unspecified atom stereocenters. The number of hydrogen-bond donors (Lipinski definition) is 1. The van der Waals surface area contributed by atoms with Crippen molar-refractivity contribution >= 4 is 23.0 Å². The second-order valence-corrected chi connectivity index (χ2v) is 6.25. The van der Waals surface area contributed by atoms with Crippen molar-refractivity contribution in [3.8, 4) is 0 Å². The summed E-state index contributed by atoms with van der Waals surface area (Å²) in [4.78, 5) is 17.3. The lowest BCUT2D eigenvalue weighted by Crippen LogP contribution is -2.46. The van der Waals surface area contributed by atoms with Gasteiger partial charge in [-0.05, 0) is 38.0 Å². The van der Waals surface area contributed by atoms with Crippen LogP contribution in [0, 0.1) is 0 Å². The predicted molar refractivity (Wildman–Crippen MR) is 84.9 cm³/mol. The minimum atomic E-state index is -4.39. The zero-order valence-electron chi connectivity index (χ0n) is 12.9. The second kappa shape index (κ2) is 7.27. The van der Waals surface area contributed by atoms with E-state index in [1.807, 2.05) is 0 Å². The van der Waals surface area contributed by atoms with Crippen molar-refractivity contribution in [1.82, 2.24) is 10.4 Å². The Morgan fingerprint density at radius 1 is 1.35 bits per heavy atom. The fourth-order valence-corrected chi connectivity index (χ4v) is 3.08. The summed E-state index contributed by atoms with van der Waals surface area (Å²) in [6.07, 6.45) is -1.43. The van der Waals surface area contributed by atoms with Gasteiger partial charge in [-0.2, -0.15) is 13.2 Å². The lowest BCUT2D eigenvalue weighted by atomic mass is 10.2. The highest BCUT2D eigenvalue weighted by atomic mass is 32.1. The minimum Gasteiger partial charge on any atom is -0.287 e. The van der Waals surface area contributed by atoms with Gasteiger partial charge < -0.3 is 0 Å². The average Bonchev–Trinajstić information content (AvgIpc) is 3.01. The summed E-state index contributed by atoms with van der Waals surface area (Å²) in [5.41, 5.74) is 2.51. The monoisotopic (exact) mass is 345 g/mol. The van der Waals surface area contributed by atoms with Gasteiger partial charge in [-0.15, -0.1) is 11.3 Å². The van der Waals surface area contributed by atoms with E-state index in [-0.39, 0.29) is 11.6 Å². The zero-order chi connectivity index (χ0) is 17.0. The first-order valence-electron chi connectivity index (χ1n) is 7.21. The summed E-state index contributed by atoms with van der Waals surface area (Å²) in [5, 5.41) is 1.55. The van der Waals surface area contributed by atoms with Crippen molar-refractivity contribution < 1.29 is 18.0 Å². The Morgan fingerprint density at radius 2 is 2.04 bits per heavy atom. The molecule has 1 saturated heterocycles. The number of nitrogens with one attached hydrogen (secondary N) is 1. The molecule has 0 aliphatic carbocycles. The third-order valence-electron chi connectivity index (χ3n) is 3.47. The van der Waals surface area contributed by atoms with Crippen LogP contribution < -0.4 is 5.43 Å². The number of hydrazine groups is 1. The molecule has 0 bridgehead atoms. The second-order valence-electron chi connectivity index (χ2n) is 5.17. The van der Waals surface area contributed by atoms with Gasteiger partial charge in [0.2, 0.25) is 0 Å². The molecule has 1 aliphatic rings. The summed E-state index contributed by atoms with van der Waals surface area (Å²) in [5.74, 6) is -0.159. The van der Waals surface area contributed by atoms with Crippen molar-refractivity contribution in [3.05, 3.63) is 33.5 Å². The van der Waals surface area contributed by atoms with Crippen molar-refractivity contribution in [3.63, 3.8) is 0 Å². The van der Waals surface area contributed by atoms with Gasteiger partial charge in [0.05, 0.1) is 15.5 Å². The number of carbonyl (C=O) groups is 1. The summed E-state index contributed by atoms with van der Waals surface area (Å²) >= 11 is 1.15. The van der Waals surface area contributed by atoms with Gasteiger partial charge in [0.15, 0.2) is 0 Å². The van der Waals surface area contributed by atoms with Gasteiger partial charge in [0, 0.05) is 25.7 Å². The van der Waals surface area contributed by atoms with Crippen LogP contribution in [0.4, 0.5) is 13.2 Å². The SMILES string of the molecule is CN=C(/C=C(\C)C(F)(F)F)c1ccc(C(=O)N2CCCCN2)s1. The number of hydrogen-bond acceptors (Lipinski definition) is 4. The molecule has 1 fully saturated rings. The summed E-state index contributed by atoms with van der Waals surface area (Å²) in [7, 11) is 1.43. The van der Waals surface area contributed by atoms with Crippen molar-refractivity contribution in [2.45, 2.75) is 25.9 Å². The molecule has 1 amide bonds. The Labute approximate surface area is 136 Å². The highest BCUT2D eigenvalue weighted by molar-refractivity contribution is 7.16. The maximum absolute atomic E-state index is 12.6. The van der Waals surface area contributed by atoms with Gasteiger partial charge in [-0.25, -0.2) is 5.43 Å². The number of aliphatic imine (C=N–C) groups is 1. The van der Waals surface area contributed by atoms with Crippen LogP contribution in [0.1, 0.15) is 34.3 Å². The van der Waals surface area contributed by atoms with E-state index in [0.29, 0.717) is 16.3 Å². The maximum Gasteiger partial charge on any atom is 0.412 e. The van der Waals surface area contributed by atoms with Crippen LogP contribution in [0.2, 0.25) is 0 Å². The molecule has 1 aliphatic heterocycles. The topological polar surface area (TPSA) is 44.7 Å². The van der Waals surface area contributed by atoms with Crippen molar-refractivity contribution in [2.24, 2.45) is 4.99 Å². The fourth-order valence-electron chi connectivity index (χ4n) is 2.12. The number of alkyl halides is 3. The molecule has 1 aromatic heterocycles. The van der Waals surface area contributed by atoms with Crippen molar-refractivity contribution in [2.75, 3.05) is 20.1 Å². The van der Waals surface area contributed by atoms with E-state index < -0.39 is 11.7 Å². The number of nitrogens with zero attached hydrogens (tertiary/aromatic N) is 2. The smallest absolute Gasteiger partial charge is 0.287 e. The van der Waals surface area contributed by atoms with E-state index in [9.17, 15) is 18.0 Å². The van der Waals surface area contributed by atoms with Crippen LogP contribution in [0.3, 0.4) is 0 Å². The molecule has 0 saturated carbocycles. The van der Waals surface area contributed by atoms with Crippen LogP contribution >= 0.6 is 11.3 Å². The van der Waals surface area contributed by atoms with Crippen LogP contribution in [-0.4, -0.2) is 42.9 Å². The number of allylic oxidation sites excluding steroid dienone is 2. The third-order valence-corrected chi connectivity index (χ3v) is 4.56. The number of carbonyl (C=O) groups excluding carboxylic acids is 1. The van der Waals surface area contributed by atoms with Crippen LogP contribution in [0.15, 0.2) is 28.8 Å². The number of thiophene rings is 1. The fraction of sp³-hybridized carbons (Fsp3) is 0.467. The van der Waals surface area contributed by atoms with Gasteiger partial charge in [0.1, 0.15) is 0 Å². The average molecular weight is 345 g/mol.